The highest BCUT2D eigenvalue weighted by Crippen LogP contribution is 2.38. The van der Waals surface area contributed by atoms with E-state index in [2.05, 4.69) is 16.8 Å². The average molecular weight is 325 g/mol. The standard InChI is InChI=1S/C17H31N3O3/c1-18-8-10-20(11-9-18)17(6-4-5-7-17)16(21)19-12-14(22-2)15(13-19)23-3/h14-15H,4-13H2,1-3H3/t14-,15+. The minimum atomic E-state index is -0.276. The number of methoxy groups -OCH3 is 2. The fourth-order valence-corrected chi connectivity index (χ4v) is 4.52. The highest BCUT2D eigenvalue weighted by molar-refractivity contribution is 5.87. The van der Waals surface area contributed by atoms with Gasteiger partial charge in [-0.15, -0.1) is 0 Å². The molecule has 0 spiro atoms. The van der Waals surface area contributed by atoms with E-state index in [9.17, 15) is 4.79 Å². The number of carbonyl (C=O) groups excluding carboxylic acids is 1. The maximum Gasteiger partial charge on any atom is 0.243 e. The summed E-state index contributed by atoms with van der Waals surface area (Å²) in [6.07, 6.45) is 4.31. The lowest BCUT2D eigenvalue weighted by molar-refractivity contribution is -0.145. The molecule has 0 bridgehead atoms. The fourth-order valence-electron chi connectivity index (χ4n) is 4.52. The minimum absolute atomic E-state index is 0.00473. The monoisotopic (exact) mass is 325 g/mol. The average Bonchev–Trinajstić information content (AvgIpc) is 3.22. The molecular weight excluding hydrogens is 294 g/mol. The highest BCUT2D eigenvalue weighted by atomic mass is 16.5. The van der Waals surface area contributed by atoms with Crippen LogP contribution >= 0.6 is 0 Å². The van der Waals surface area contributed by atoms with Gasteiger partial charge in [0.05, 0.1) is 0 Å². The zero-order chi connectivity index (χ0) is 16.4. The summed E-state index contributed by atoms with van der Waals surface area (Å²) >= 11 is 0. The van der Waals surface area contributed by atoms with Crippen molar-refractivity contribution < 1.29 is 14.3 Å². The Hall–Kier alpha value is -0.690. The number of hydrogen-bond donors (Lipinski definition) is 0. The molecule has 2 aliphatic heterocycles. The first-order valence-corrected chi connectivity index (χ1v) is 8.89. The summed E-state index contributed by atoms with van der Waals surface area (Å²) in [4.78, 5) is 20.2. The summed E-state index contributed by atoms with van der Waals surface area (Å²) in [5.41, 5.74) is -0.276. The van der Waals surface area contributed by atoms with E-state index in [1.807, 2.05) is 4.90 Å². The van der Waals surface area contributed by atoms with Crippen LogP contribution in [-0.4, -0.2) is 98.9 Å². The summed E-state index contributed by atoms with van der Waals surface area (Å²) in [5, 5.41) is 0. The van der Waals surface area contributed by atoms with Crippen molar-refractivity contribution in [1.82, 2.24) is 14.7 Å². The Kier molecular flexibility index (Phi) is 5.26. The molecule has 0 radical (unpaired) electrons. The van der Waals surface area contributed by atoms with E-state index >= 15 is 0 Å². The third kappa shape index (κ3) is 3.14. The summed E-state index contributed by atoms with van der Waals surface area (Å²) in [6, 6.07) is 0. The van der Waals surface area contributed by atoms with Crippen LogP contribution in [0.3, 0.4) is 0 Å². The van der Waals surface area contributed by atoms with Crippen molar-refractivity contribution in [3.63, 3.8) is 0 Å². The molecule has 3 rings (SSSR count). The zero-order valence-electron chi connectivity index (χ0n) is 14.8. The summed E-state index contributed by atoms with van der Waals surface area (Å²) in [6.45, 7) is 5.41. The second-order valence-corrected chi connectivity index (χ2v) is 7.29. The molecule has 3 fully saturated rings. The van der Waals surface area contributed by atoms with Gasteiger partial charge in [-0.2, -0.15) is 0 Å². The van der Waals surface area contributed by atoms with Crippen LogP contribution in [0.25, 0.3) is 0 Å². The van der Waals surface area contributed by atoms with Crippen LogP contribution < -0.4 is 0 Å². The molecule has 132 valence electrons. The van der Waals surface area contributed by atoms with Gasteiger partial charge in [0.15, 0.2) is 0 Å². The molecule has 0 N–H and O–H groups in total. The molecular formula is C17H31N3O3. The molecule has 2 saturated heterocycles. The van der Waals surface area contributed by atoms with Crippen LogP contribution in [0.1, 0.15) is 25.7 Å². The first-order valence-electron chi connectivity index (χ1n) is 8.89. The molecule has 1 amide bonds. The van der Waals surface area contributed by atoms with Gasteiger partial charge in [-0.3, -0.25) is 9.69 Å². The Labute approximate surface area is 139 Å². The van der Waals surface area contributed by atoms with Crippen molar-refractivity contribution in [3.8, 4) is 0 Å². The predicted molar refractivity (Wildman–Crippen MR) is 88.4 cm³/mol. The first-order chi connectivity index (χ1) is 11.1. The van der Waals surface area contributed by atoms with Crippen molar-refractivity contribution in [2.75, 3.05) is 60.5 Å². The quantitative estimate of drug-likeness (QED) is 0.750. The summed E-state index contributed by atoms with van der Waals surface area (Å²) in [7, 11) is 5.57. The van der Waals surface area contributed by atoms with Gasteiger partial charge in [-0.25, -0.2) is 0 Å². The number of amides is 1. The molecule has 6 heteroatoms. The second kappa shape index (κ2) is 7.05. The van der Waals surface area contributed by atoms with Crippen LogP contribution in [0.4, 0.5) is 0 Å². The summed E-state index contributed by atoms with van der Waals surface area (Å²) in [5.74, 6) is 0.307. The number of piperazine rings is 1. The highest BCUT2D eigenvalue weighted by Gasteiger charge is 2.50. The van der Waals surface area contributed by atoms with E-state index in [1.165, 1.54) is 0 Å². The van der Waals surface area contributed by atoms with Gasteiger partial charge in [0.2, 0.25) is 5.91 Å². The molecule has 0 aromatic carbocycles. The number of hydrogen-bond acceptors (Lipinski definition) is 5. The molecule has 0 unspecified atom stereocenters. The number of ether oxygens (including phenoxy) is 2. The molecule has 0 aromatic heterocycles. The van der Waals surface area contributed by atoms with Gasteiger partial charge >= 0.3 is 0 Å². The largest absolute Gasteiger partial charge is 0.377 e. The topological polar surface area (TPSA) is 45.2 Å². The van der Waals surface area contributed by atoms with Crippen LogP contribution in [0.2, 0.25) is 0 Å². The maximum atomic E-state index is 13.4. The third-order valence-electron chi connectivity index (χ3n) is 6.05. The van der Waals surface area contributed by atoms with Gasteiger partial charge in [0.1, 0.15) is 17.7 Å². The molecule has 6 nitrogen and oxygen atoms in total. The minimum Gasteiger partial charge on any atom is -0.377 e. The molecule has 3 aliphatic rings. The Morgan fingerprint density at radius 1 is 0.957 bits per heavy atom. The van der Waals surface area contributed by atoms with Crippen LogP contribution in [-0.2, 0) is 14.3 Å². The van der Waals surface area contributed by atoms with E-state index in [0.29, 0.717) is 19.0 Å². The number of carbonyl (C=O) groups is 1. The molecule has 2 heterocycles. The van der Waals surface area contributed by atoms with E-state index in [-0.39, 0.29) is 17.7 Å². The first kappa shape index (κ1) is 17.1. The molecule has 1 aliphatic carbocycles. The molecule has 1 saturated carbocycles. The van der Waals surface area contributed by atoms with Gasteiger partial charge in [-0.05, 0) is 19.9 Å². The predicted octanol–water partition coefficient (Wildman–Crippen LogP) is 0.419. The molecule has 23 heavy (non-hydrogen) atoms. The smallest absolute Gasteiger partial charge is 0.243 e. The van der Waals surface area contributed by atoms with Gasteiger partial charge in [-0.1, -0.05) is 12.8 Å². The van der Waals surface area contributed by atoms with Gasteiger partial charge in [0.25, 0.3) is 0 Å². The Balaban J connectivity index is 1.74. The van der Waals surface area contributed by atoms with Crippen molar-refractivity contribution in [2.45, 2.75) is 43.4 Å². The van der Waals surface area contributed by atoms with E-state index in [4.69, 9.17) is 9.47 Å². The van der Waals surface area contributed by atoms with Crippen LogP contribution in [0.15, 0.2) is 0 Å². The van der Waals surface area contributed by atoms with Crippen LogP contribution in [0.5, 0.6) is 0 Å². The van der Waals surface area contributed by atoms with Crippen molar-refractivity contribution in [1.29, 1.82) is 0 Å². The second-order valence-electron chi connectivity index (χ2n) is 7.29. The normalized spacial score (nSPS) is 32.6. The molecule has 0 aromatic rings. The lowest BCUT2D eigenvalue weighted by atomic mass is 9.92. The number of rotatable bonds is 4. The number of likely N-dealkylation sites (N-methyl/N-ethyl adjacent to an activating group) is 1. The lowest BCUT2D eigenvalue weighted by Gasteiger charge is -2.45. The fraction of sp³-hybridized carbons (Fsp3) is 0.941. The third-order valence-corrected chi connectivity index (χ3v) is 6.05. The number of likely N-dealkylation sites (tertiary alicyclic amines) is 1. The van der Waals surface area contributed by atoms with E-state index in [0.717, 1.165) is 51.9 Å². The Morgan fingerprint density at radius 3 is 1.96 bits per heavy atom. The number of nitrogens with zero attached hydrogens (tertiary/aromatic N) is 3. The van der Waals surface area contributed by atoms with Crippen molar-refractivity contribution in [2.24, 2.45) is 0 Å². The maximum absolute atomic E-state index is 13.4. The molecule has 2 atom stereocenters. The lowest BCUT2D eigenvalue weighted by Crippen LogP contribution is -2.62. The van der Waals surface area contributed by atoms with E-state index < -0.39 is 0 Å². The summed E-state index contributed by atoms with van der Waals surface area (Å²) < 4.78 is 11.0. The Bertz CT molecular complexity index is 405. The van der Waals surface area contributed by atoms with Gasteiger partial charge < -0.3 is 19.3 Å². The Morgan fingerprint density at radius 2 is 1.48 bits per heavy atom. The van der Waals surface area contributed by atoms with Crippen LogP contribution in [0, 0.1) is 0 Å². The van der Waals surface area contributed by atoms with E-state index in [1.54, 1.807) is 14.2 Å². The van der Waals surface area contributed by atoms with Crippen molar-refractivity contribution in [3.05, 3.63) is 0 Å². The zero-order valence-corrected chi connectivity index (χ0v) is 14.8. The van der Waals surface area contributed by atoms with Gasteiger partial charge in [0, 0.05) is 53.5 Å². The van der Waals surface area contributed by atoms with Crippen molar-refractivity contribution >= 4 is 5.91 Å². The SMILES string of the molecule is CO[C@H]1CN(C(=O)C2(N3CCN(C)CC3)CCCC2)C[C@H]1OC.